The van der Waals surface area contributed by atoms with Crippen LogP contribution in [0.25, 0.3) is 0 Å². The van der Waals surface area contributed by atoms with E-state index in [0.29, 0.717) is 6.04 Å². The molecule has 0 N–H and O–H groups in total. The summed E-state index contributed by atoms with van der Waals surface area (Å²) >= 11 is 0. The molecular weight excluding hydrogens is 240 g/mol. The van der Waals surface area contributed by atoms with Gasteiger partial charge in [0.2, 0.25) is 0 Å². The van der Waals surface area contributed by atoms with Crippen LogP contribution >= 0.6 is 0 Å². The highest BCUT2D eigenvalue weighted by Gasteiger charge is 2.23. The first-order valence-corrected chi connectivity index (χ1v) is 7.20. The van der Waals surface area contributed by atoms with Gasteiger partial charge in [0.25, 0.3) is 0 Å². The fraction of sp³-hybridized carbons (Fsp3) is 0.786. The molecule has 1 fully saturated rings. The number of aryl methyl sites for hydroxylation is 1. The quantitative estimate of drug-likeness (QED) is 0.718. The molecule has 1 aromatic heterocycles. The van der Waals surface area contributed by atoms with Crippen molar-refractivity contribution in [3.63, 3.8) is 0 Å². The van der Waals surface area contributed by atoms with E-state index in [1.165, 1.54) is 5.56 Å². The third-order valence-electron chi connectivity index (χ3n) is 3.74. The van der Waals surface area contributed by atoms with Crippen LogP contribution in [-0.2, 0) is 18.3 Å². The van der Waals surface area contributed by atoms with E-state index in [4.69, 9.17) is 4.74 Å². The Morgan fingerprint density at radius 3 is 2.89 bits per heavy atom. The Morgan fingerprint density at radius 1 is 1.42 bits per heavy atom. The van der Waals surface area contributed by atoms with Gasteiger partial charge in [-0.05, 0) is 13.8 Å². The Balaban J connectivity index is 1.76. The lowest BCUT2D eigenvalue weighted by Crippen LogP contribution is -2.52. The minimum Gasteiger partial charge on any atom is -0.380 e. The average molecular weight is 266 g/mol. The van der Waals surface area contributed by atoms with Crippen LogP contribution in [0.15, 0.2) is 12.4 Å². The predicted octanol–water partition coefficient (Wildman–Crippen LogP) is 0.963. The van der Waals surface area contributed by atoms with E-state index >= 15 is 0 Å². The number of aromatic nitrogens is 2. The number of hydrogen-bond donors (Lipinski definition) is 0. The second kappa shape index (κ2) is 7.03. The van der Waals surface area contributed by atoms with Crippen molar-refractivity contribution in [2.24, 2.45) is 7.05 Å². The van der Waals surface area contributed by atoms with E-state index in [-0.39, 0.29) is 0 Å². The van der Waals surface area contributed by atoms with Crippen molar-refractivity contribution in [2.45, 2.75) is 26.4 Å². The SMILES string of the molecule is CCOCCN1CCN(Cc2cnn(C)c2)C[C@H]1C. The predicted molar refractivity (Wildman–Crippen MR) is 76.0 cm³/mol. The minimum absolute atomic E-state index is 0.603. The van der Waals surface area contributed by atoms with Crippen LogP contribution in [0.4, 0.5) is 0 Å². The first-order chi connectivity index (χ1) is 9.19. The molecule has 0 aromatic carbocycles. The van der Waals surface area contributed by atoms with Gasteiger partial charge in [-0.3, -0.25) is 14.5 Å². The Labute approximate surface area is 116 Å². The molecule has 5 nitrogen and oxygen atoms in total. The lowest BCUT2D eigenvalue weighted by atomic mass is 10.2. The van der Waals surface area contributed by atoms with Crippen LogP contribution < -0.4 is 0 Å². The average Bonchev–Trinajstić information content (AvgIpc) is 2.78. The summed E-state index contributed by atoms with van der Waals surface area (Å²) < 4.78 is 7.32. The molecule has 1 aliphatic rings. The largest absolute Gasteiger partial charge is 0.380 e. The molecule has 19 heavy (non-hydrogen) atoms. The Kier molecular flexibility index (Phi) is 5.36. The maximum absolute atomic E-state index is 5.44. The summed E-state index contributed by atoms with van der Waals surface area (Å²) in [6.07, 6.45) is 4.07. The van der Waals surface area contributed by atoms with E-state index in [0.717, 1.165) is 45.9 Å². The van der Waals surface area contributed by atoms with E-state index in [1.807, 2.05) is 17.9 Å². The molecule has 0 radical (unpaired) electrons. The van der Waals surface area contributed by atoms with Gasteiger partial charge in [-0.25, -0.2) is 0 Å². The van der Waals surface area contributed by atoms with Crippen molar-refractivity contribution in [3.05, 3.63) is 18.0 Å². The number of nitrogens with zero attached hydrogens (tertiary/aromatic N) is 4. The third-order valence-corrected chi connectivity index (χ3v) is 3.74. The van der Waals surface area contributed by atoms with E-state index in [1.54, 1.807) is 0 Å². The Bertz CT molecular complexity index is 379. The van der Waals surface area contributed by atoms with Gasteiger partial charge in [0.1, 0.15) is 0 Å². The van der Waals surface area contributed by atoms with Crippen molar-refractivity contribution in [1.29, 1.82) is 0 Å². The minimum atomic E-state index is 0.603. The third kappa shape index (κ3) is 4.30. The summed E-state index contributed by atoms with van der Waals surface area (Å²) in [4.78, 5) is 5.04. The molecule has 0 amide bonds. The first kappa shape index (κ1) is 14.5. The summed E-state index contributed by atoms with van der Waals surface area (Å²) in [6, 6.07) is 0.603. The Hall–Kier alpha value is -0.910. The lowest BCUT2D eigenvalue weighted by Gasteiger charge is -2.39. The summed E-state index contributed by atoms with van der Waals surface area (Å²) in [6.45, 7) is 11.5. The molecule has 1 aromatic rings. The highest BCUT2D eigenvalue weighted by atomic mass is 16.5. The van der Waals surface area contributed by atoms with Gasteiger partial charge < -0.3 is 4.74 Å². The monoisotopic (exact) mass is 266 g/mol. The molecule has 0 aliphatic carbocycles. The second-order valence-electron chi connectivity index (χ2n) is 5.34. The number of hydrogen-bond acceptors (Lipinski definition) is 4. The van der Waals surface area contributed by atoms with Gasteiger partial charge in [-0.1, -0.05) is 0 Å². The first-order valence-electron chi connectivity index (χ1n) is 7.20. The molecular formula is C14H26N4O. The molecule has 2 rings (SSSR count). The van der Waals surface area contributed by atoms with E-state index < -0.39 is 0 Å². The fourth-order valence-electron chi connectivity index (χ4n) is 2.68. The molecule has 0 saturated carbocycles. The zero-order chi connectivity index (χ0) is 13.7. The molecule has 0 unspecified atom stereocenters. The van der Waals surface area contributed by atoms with Crippen LogP contribution in [-0.4, -0.2) is 65.0 Å². The van der Waals surface area contributed by atoms with Gasteiger partial charge >= 0.3 is 0 Å². The summed E-state index contributed by atoms with van der Waals surface area (Å²) in [5.41, 5.74) is 1.30. The summed E-state index contributed by atoms with van der Waals surface area (Å²) in [5, 5.41) is 4.23. The van der Waals surface area contributed by atoms with E-state index in [2.05, 4.69) is 34.9 Å². The highest BCUT2D eigenvalue weighted by molar-refractivity contribution is 5.03. The topological polar surface area (TPSA) is 33.5 Å². The van der Waals surface area contributed by atoms with Crippen LogP contribution in [0.5, 0.6) is 0 Å². The summed E-state index contributed by atoms with van der Waals surface area (Å²) in [5.74, 6) is 0. The lowest BCUT2D eigenvalue weighted by molar-refractivity contribution is 0.0466. The molecule has 1 saturated heterocycles. The number of piperazine rings is 1. The molecule has 5 heteroatoms. The van der Waals surface area contributed by atoms with Gasteiger partial charge in [-0.2, -0.15) is 5.10 Å². The maximum atomic E-state index is 5.44. The molecule has 0 bridgehead atoms. The summed E-state index contributed by atoms with van der Waals surface area (Å²) in [7, 11) is 1.97. The molecule has 108 valence electrons. The van der Waals surface area contributed by atoms with Crippen molar-refractivity contribution < 1.29 is 4.74 Å². The molecule has 0 spiro atoms. The van der Waals surface area contributed by atoms with E-state index in [9.17, 15) is 0 Å². The van der Waals surface area contributed by atoms with Crippen molar-refractivity contribution in [3.8, 4) is 0 Å². The fourth-order valence-corrected chi connectivity index (χ4v) is 2.68. The van der Waals surface area contributed by atoms with Gasteiger partial charge in [0.15, 0.2) is 0 Å². The van der Waals surface area contributed by atoms with Crippen molar-refractivity contribution in [2.75, 3.05) is 39.4 Å². The molecule has 1 atom stereocenters. The highest BCUT2D eigenvalue weighted by Crippen LogP contribution is 2.12. The zero-order valence-electron chi connectivity index (χ0n) is 12.4. The molecule has 1 aliphatic heterocycles. The smallest absolute Gasteiger partial charge is 0.0593 e. The maximum Gasteiger partial charge on any atom is 0.0593 e. The van der Waals surface area contributed by atoms with Crippen LogP contribution in [0.2, 0.25) is 0 Å². The molecule has 2 heterocycles. The number of ether oxygens (including phenoxy) is 1. The van der Waals surface area contributed by atoms with Crippen LogP contribution in [0.3, 0.4) is 0 Å². The van der Waals surface area contributed by atoms with Crippen molar-refractivity contribution in [1.82, 2.24) is 19.6 Å². The van der Waals surface area contributed by atoms with Gasteiger partial charge in [-0.15, -0.1) is 0 Å². The normalized spacial score (nSPS) is 21.9. The zero-order valence-corrected chi connectivity index (χ0v) is 12.4. The second-order valence-corrected chi connectivity index (χ2v) is 5.34. The Morgan fingerprint density at radius 2 is 2.26 bits per heavy atom. The van der Waals surface area contributed by atoms with Crippen LogP contribution in [0, 0.1) is 0 Å². The van der Waals surface area contributed by atoms with Gasteiger partial charge in [0.05, 0.1) is 12.8 Å². The van der Waals surface area contributed by atoms with Crippen molar-refractivity contribution >= 4 is 0 Å². The number of rotatable bonds is 6. The van der Waals surface area contributed by atoms with Gasteiger partial charge in [0, 0.05) is 64.2 Å². The standard InChI is InChI=1S/C14H26N4O/c1-4-19-8-7-18-6-5-17(10-13(18)2)12-14-9-15-16(3)11-14/h9,11,13H,4-8,10,12H2,1-3H3/t13-/m1/s1. The van der Waals surface area contributed by atoms with Crippen LogP contribution in [0.1, 0.15) is 19.4 Å².